The van der Waals surface area contributed by atoms with Gasteiger partial charge in [-0.15, -0.1) is 0 Å². The van der Waals surface area contributed by atoms with Crippen LogP contribution >= 0.6 is 0 Å². The van der Waals surface area contributed by atoms with Crippen molar-refractivity contribution in [3.8, 4) is 16.9 Å². The summed E-state index contributed by atoms with van der Waals surface area (Å²) in [7, 11) is 0. The zero-order chi connectivity index (χ0) is 21.1. The molecular weight excluding hydrogens is 374 g/mol. The number of amides is 1. The van der Waals surface area contributed by atoms with Gasteiger partial charge in [-0.1, -0.05) is 60.7 Å². The van der Waals surface area contributed by atoms with Gasteiger partial charge in [0.05, 0.1) is 0 Å². The van der Waals surface area contributed by atoms with Crippen molar-refractivity contribution < 1.29 is 14.6 Å². The standard InChI is InChI=1S/C26H27NO3/c1-3-27(18(2)16-19-12-14-20(28)15-13-19)26(29)30-17-25-23-10-6-4-8-21(23)22-9-5-7-11-24(22)25/h4-15,18,25,28H,3,16-17H2,1-2H3. The fraction of sp³-hybridized carbons (Fsp3) is 0.269. The number of benzene rings is 3. The number of phenols is 1. The quantitative estimate of drug-likeness (QED) is 0.585. The first-order chi connectivity index (χ1) is 14.6. The highest BCUT2D eigenvalue weighted by molar-refractivity contribution is 5.79. The van der Waals surface area contributed by atoms with Crippen molar-refractivity contribution in [1.82, 2.24) is 4.90 Å². The lowest BCUT2D eigenvalue weighted by Gasteiger charge is -2.28. The van der Waals surface area contributed by atoms with E-state index in [0.717, 1.165) is 5.56 Å². The first kappa shape index (κ1) is 20.0. The molecule has 0 aliphatic heterocycles. The molecular formula is C26H27NO3. The molecule has 1 N–H and O–H groups in total. The zero-order valence-electron chi connectivity index (χ0n) is 17.4. The number of nitrogens with zero attached hydrogens (tertiary/aromatic N) is 1. The number of aromatic hydroxyl groups is 1. The molecule has 0 heterocycles. The molecule has 3 aromatic carbocycles. The number of carbonyl (C=O) groups excluding carboxylic acids is 1. The molecule has 0 radical (unpaired) electrons. The average Bonchev–Trinajstić information content (AvgIpc) is 3.08. The fourth-order valence-electron chi connectivity index (χ4n) is 4.38. The Kier molecular flexibility index (Phi) is 5.75. The van der Waals surface area contributed by atoms with E-state index in [1.54, 1.807) is 17.0 Å². The van der Waals surface area contributed by atoms with Crippen LogP contribution < -0.4 is 0 Å². The number of hydrogen-bond donors (Lipinski definition) is 1. The maximum Gasteiger partial charge on any atom is 0.410 e. The molecule has 1 aliphatic rings. The maximum absolute atomic E-state index is 12.9. The van der Waals surface area contributed by atoms with Gasteiger partial charge in [0.15, 0.2) is 0 Å². The van der Waals surface area contributed by atoms with Crippen molar-refractivity contribution in [3.63, 3.8) is 0 Å². The number of phenolic OH excluding ortho intramolecular Hbond substituents is 1. The van der Waals surface area contributed by atoms with Crippen molar-refractivity contribution in [2.75, 3.05) is 13.2 Å². The van der Waals surface area contributed by atoms with Gasteiger partial charge in [0, 0.05) is 18.5 Å². The summed E-state index contributed by atoms with van der Waals surface area (Å²) in [6.45, 7) is 4.90. The SMILES string of the molecule is CCN(C(=O)OCC1c2ccccc2-c2ccccc21)C(C)Cc1ccc(O)cc1. The first-order valence-electron chi connectivity index (χ1n) is 10.5. The van der Waals surface area contributed by atoms with Crippen LogP contribution in [0.25, 0.3) is 11.1 Å². The van der Waals surface area contributed by atoms with Gasteiger partial charge >= 0.3 is 6.09 Å². The summed E-state index contributed by atoms with van der Waals surface area (Å²) < 4.78 is 5.82. The van der Waals surface area contributed by atoms with E-state index in [2.05, 4.69) is 24.3 Å². The highest BCUT2D eigenvalue weighted by Crippen LogP contribution is 2.44. The summed E-state index contributed by atoms with van der Waals surface area (Å²) in [6, 6.07) is 23.8. The Morgan fingerprint density at radius 2 is 1.53 bits per heavy atom. The van der Waals surface area contributed by atoms with E-state index >= 15 is 0 Å². The van der Waals surface area contributed by atoms with Gasteiger partial charge in [-0.3, -0.25) is 0 Å². The van der Waals surface area contributed by atoms with Crippen LogP contribution in [-0.2, 0) is 11.2 Å². The number of likely N-dealkylation sites (N-methyl/N-ethyl adjacent to an activating group) is 1. The van der Waals surface area contributed by atoms with Crippen molar-refractivity contribution in [2.24, 2.45) is 0 Å². The first-order valence-corrected chi connectivity index (χ1v) is 10.5. The minimum absolute atomic E-state index is 0.00445. The predicted molar refractivity (Wildman–Crippen MR) is 119 cm³/mol. The van der Waals surface area contributed by atoms with Crippen LogP contribution in [-0.4, -0.2) is 35.3 Å². The topological polar surface area (TPSA) is 49.8 Å². The van der Waals surface area contributed by atoms with Crippen LogP contribution in [0.5, 0.6) is 5.75 Å². The third kappa shape index (κ3) is 3.90. The van der Waals surface area contributed by atoms with Gasteiger partial charge in [0.2, 0.25) is 0 Å². The lowest BCUT2D eigenvalue weighted by atomic mass is 9.98. The maximum atomic E-state index is 12.9. The van der Waals surface area contributed by atoms with E-state index in [1.165, 1.54) is 22.3 Å². The van der Waals surface area contributed by atoms with E-state index in [0.29, 0.717) is 19.6 Å². The Morgan fingerprint density at radius 1 is 0.967 bits per heavy atom. The summed E-state index contributed by atoms with van der Waals surface area (Å²) in [5, 5.41) is 9.46. The molecule has 3 aromatic rings. The van der Waals surface area contributed by atoms with Crippen LogP contribution in [0.3, 0.4) is 0 Å². The molecule has 0 fully saturated rings. The predicted octanol–water partition coefficient (Wildman–Crippen LogP) is 5.59. The van der Waals surface area contributed by atoms with Crippen LogP contribution in [0.1, 0.15) is 36.5 Å². The third-order valence-corrected chi connectivity index (χ3v) is 5.91. The van der Waals surface area contributed by atoms with Crippen LogP contribution in [0, 0.1) is 0 Å². The van der Waals surface area contributed by atoms with Crippen LogP contribution in [0.2, 0.25) is 0 Å². The molecule has 30 heavy (non-hydrogen) atoms. The molecule has 1 unspecified atom stereocenters. The molecule has 0 saturated heterocycles. The number of carbonyl (C=O) groups is 1. The molecule has 1 aliphatic carbocycles. The molecule has 4 nitrogen and oxygen atoms in total. The van der Waals surface area contributed by atoms with Gasteiger partial charge in [0.25, 0.3) is 0 Å². The van der Waals surface area contributed by atoms with Crippen molar-refractivity contribution in [2.45, 2.75) is 32.2 Å². The smallest absolute Gasteiger partial charge is 0.410 e. The molecule has 0 spiro atoms. The van der Waals surface area contributed by atoms with Gasteiger partial charge < -0.3 is 14.7 Å². The van der Waals surface area contributed by atoms with Gasteiger partial charge in [-0.2, -0.15) is 0 Å². The van der Waals surface area contributed by atoms with E-state index in [-0.39, 0.29) is 23.8 Å². The zero-order valence-corrected chi connectivity index (χ0v) is 17.4. The highest BCUT2D eigenvalue weighted by atomic mass is 16.6. The number of ether oxygens (including phenoxy) is 1. The van der Waals surface area contributed by atoms with Gasteiger partial charge in [0.1, 0.15) is 12.4 Å². The Hall–Kier alpha value is -3.27. The summed E-state index contributed by atoms with van der Waals surface area (Å²) in [5.41, 5.74) is 5.95. The molecule has 1 amide bonds. The Labute approximate surface area is 177 Å². The number of fused-ring (bicyclic) bond motifs is 3. The van der Waals surface area contributed by atoms with E-state index in [9.17, 15) is 9.90 Å². The highest BCUT2D eigenvalue weighted by Gasteiger charge is 2.30. The second kappa shape index (κ2) is 8.62. The second-order valence-electron chi connectivity index (χ2n) is 7.81. The second-order valence-corrected chi connectivity index (χ2v) is 7.81. The lowest BCUT2D eigenvalue weighted by Crippen LogP contribution is -2.40. The van der Waals surface area contributed by atoms with Gasteiger partial charge in [-0.25, -0.2) is 4.79 Å². The third-order valence-electron chi connectivity index (χ3n) is 5.91. The monoisotopic (exact) mass is 401 g/mol. The van der Waals surface area contributed by atoms with Crippen LogP contribution in [0.4, 0.5) is 4.79 Å². The summed E-state index contributed by atoms with van der Waals surface area (Å²) in [5.74, 6) is 0.308. The van der Waals surface area contributed by atoms with Crippen molar-refractivity contribution in [1.29, 1.82) is 0 Å². The van der Waals surface area contributed by atoms with E-state index < -0.39 is 0 Å². The number of rotatable bonds is 6. The van der Waals surface area contributed by atoms with Crippen molar-refractivity contribution >= 4 is 6.09 Å². The fourth-order valence-corrected chi connectivity index (χ4v) is 4.38. The molecule has 4 rings (SSSR count). The van der Waals surface area contributed by atoms with Crippen LogP contribution in [0.15, 0.2) is 72.8 Å². The van der Waals surface area contributed by atoms with Crippen molar-refractivity contribution in [3.05, 3.63) is 89.5 Å². The number of hydrogen-bond acceptors (Lipinski definition) is 3. The Bertz CT molecular complexity index is 983. The minimum Gasteiger partial charge on any atom is -0.508 e. The summed E-state index contributed by atoms with van der Waals surface area (Å²) in [4.78, 5) is 14.7. The average molecular weight is 402 g/mol. The molecule has 0 saturated carbocycles. The van der Waals surface area contributed by atoms with E-state index in [4.69, 9.17) is 4.74 Å². The largest absolute Gasteiger partial charge is 0.508 e. The molecule has 0 bridgehead atoms. The molecule has 1 atom stereocenters. The lowest BCUT2D eigenvalue weighted by molar-refractivity contribution is 0.0887. The Morgan fingerprint density at radius 3 is 2.10 bits per heavy atom. The van der Waals surface area contributed by atoms with E-state index in [1.807, 2.05) is 50.2 Å². The molecule has 154 valence electrons. The summed E-state index contributed by atoms with van der Waals surface area (Å²) >= 11 is 0. The minimum atomic E-state index is -0.286. The normalized spacial score (nSPS) is 13.4. The molecule has 0 aromatic heterocycles. The molecule has 4 heteroatoms. The summed E-state index contributed by atoms with van der Waals surface area (Å²) in [6.07, 6.45) is 0.420. The Balaban J connectivity index is 1.45. The van der Waals surface area contributed by atoms with Gasteiger partial charge in [-0.05, 0) is 60.2 Å².